The van der Waals surface area contributed by atoms with Crippen LogP contribution in [0.15, 0.2) is 36.5 Å². The minimum atomic E-state index is -0.530. The molecule has 2 aromatic rings. The zero-order valence-electron chi connectivity index (χ0n) is 15.1. The summed E-state index contributed by atoms with van der Waals surface area (Å²) >= 11 is 0. The SMILES string of the molecule is CCOCCO[C@H](C)C(=O)N[C@H](CC)c1ncc(-c2ccccc2)[nH]1. The van der Waals surface area contributed by atoms with E-state index in [2.05, 4.69) is 15.3 Å². The largest absolute Gasteiger partial charge is 0.379 e. The van der Waals surface area contributed by atoms with Gasteiger partial charge in [-0.3, -0.25) is 4.79 Å². The van der Waals surface area contributed by atoms with Gasteiger partial charge in [-0.1, -0.05) is 37.3 Å². The van der Waals surface area contributed by atoms with Gasteiger partial charge >= 0.3 is 0 Å². The van der Waals surface area contributed by atoms with Gasteiger partial charge < -0.3 is 19.8 Å². The number of hydrogen-bond donors (Lipinski definition) is 2. The van der Waals surface area contributed by atoms with Crippen molar-refractivity contribution in [2.75, 3.05) is 19.8 Å². The van der Waals surface area contributed by atoms with E-state index in [4.69, 9.17) is 9.47 Å². The molecule has 0 saturated heterocycles. The maximum absolute atomic E-state index is 12.3. The summed E-state index contributed by atoms with van der Waals surface area (Å²) in [7, 11) is 0. The van der Waals surface area contributed by atoms with Crippen molar-refractivity contribution in [2.45, 2.75) is 39.3 Å². The van der Waals surface area contributed by atoms with Gasteiger partial charge in [-0.05, 0) is 25.8 Å². The minimum absolute atomic E-state index is 0.152. The van der Waals surface area contributed by atoms with Crippen LogP contribution in [0.3, 0.4) is 0 Å². The topological polar surface area (TPSA) is 76.2 Å². The summed E-state index contributed by atoms with van der Waals surface area (Å²) in [5, 5.41) is 2.99. The van der Waals surface area contributed by atoms with Crippen LogP contribution in [-0.4, -0.2) is 41.8 Å². The first-order chi connectivity index (χ1) is 12.2. The Morgan fingerprint density at radius 3 is 2.68 bits per heavy atom. The molecule has 0 unspecified atom stereocenters. The van der Waals surface area contributed by atoms with Crippen molar-refractivity contribution < 1.29 is 14.3 Å². The molecule has 0 saturated carbocycles. The number of ether oxygens (including phenoxy) is 2. The molecule has 0 fully saturated rings. The van der Waals surface area contributed by atoms with Gasteiger partial charge in [0.1, 0.15) is 11.9 Å². The molecule has 1 aromatic carbocycles. The van der Waals surface area contributed by atoms with Crippen LogP contribution in [0.4, 0.5) is 0 Å². The lowest BCUT2D eigenvalue weighted by Gasteiger charge is -2.18. The third-order valence-electron chi connectivity index (χ3n) is 3.90. The van der Waals surface area contributed by atoms with Crippen molar-refractivity contribution >= 4 is 5.91 Å². The second-order valence-corrected chi connectivity index (χ2v) is 5.73. The second kappa shape index (κ2) is 9.96. The quantitative estimate of drug-likeness (QED) is 0.649. The number of carbonyl (C=O) groups excluding carboxylic acids is 1. The summed E-state index contributed by atoms with van der Waals surface area (Å²) in [6.45, 7) is 7.21. The lowest BCUT2D eigenvalue weighted by molar-refractivity contribution is -0.133. The number of hydrogen-bond acceptors (Lipinski definition) is 4. The number of H-pyrrole nitrogens is 1. The Bertz CT molecular complexity index is 642. The van der Waals surface area contributed by atoms with Crippen molar-refractivity contribution in [3.05, 3.63) is 42.4 Å². The lowest BCUT2D eigenvalue weighted by Crippen LogP contribution is -2.37. The van der Waals surface area contributed by atoms with E-state index in [-0.39, 0.29) is 11.9 Å². The molecule has 1 aromatic heterocycles. The third-order valence-corrected chi connectivity index (χ3v) is 3.90. The molecule has 0 aliphatic carbocycles. The average molecular weight is 345 g/mol. The van der Waals surface area contributed by atoms with Crippen LogP contribution in [-0.2, 0) is 14.3 Å². The van der Waals surface area contributed by atoms with E-state index >= 15 is 0 Å². The molecule has 1 amide bonds. The summed E-state index contributed by atoms with van der Waals surface area (Å²) in [5.41, 5.74) is 2.00. The first-order valence-electron chi connectivity index (χ1n) is 8.75. The Kier molecular flexibility index (Phi) is 7.63. The Morgan fingerprint density at radius 1 is 1.24 bits per heavy atom. The molecule has 0 spiro atoms. The first kappa shape index (κ1) is 19.1. The molecule has 6 nitrogen and oxygen atoms in total. The maximum Gasteiger partial charge on any atom is 0.249 e. The fourth-order valence-corrected chi connectivity index (χ4v) is 2.43. The predicted molar refractivity (Wildman–Crippen MR) is 97.1 cm³/mol. The van der Waals surface area contributed by atoms with Crippen LogP contribution >= 0.6 is 0 Å². The highest BCUT2D eigenvalue weighted by Gasteiger charge is 2.20. The number of benzene rings is 1. The Hall–Kier alpha value is -2.18. The third kappa shape index (κ3) is 5.69. The summed E-state index contributed by atoms with van der Waals surface area (Å²) in [5.74, 6) is 0.595. The van der Waals surface area contributed by atoms with Crippen LogP contribution < -0.4 is 5.32 Å². The first-order valence-corrected chi connectivity index (χ1v) is 8.75. The molecule has 0 radical (unpaired) electrons. The highest BCUT2D eigenvalue weighted by Crippen LogP contribution is 2.20. The molecule has 2 atom stereocenters. The second-order valence-electron chi connectivity index (χ2n) is 5.73. The Labute approximate surface area is 149 Å². The standard InChI is InChI=1S/C19H27N3O3/c1-4-16(22-19(23)14(3)25-12-11-24-5-2)18-20-13-17(21-18)15-9-7-6-8-10-15/h6-10,13-14,16H,4-5,11-12H2,1-3H3,(H,20,21)(H,22,23)/t14-,16-/m1/s1. The molecule has 1 heterocycles. The minimum Gasteiger partial charge on any atom is -0.379 e. The van der Waals surface area contributed by atoms with Crippen LogP contribution in [0.25, 0.3) is 11.3 Å². The molecule has 6 heteroatoms. The van der Waals surface area contributed by atoms with Gasteiger partial charge in [0.05, 0.1) is 31.1 Å². The summed E-state index contributed by atoms with van der Waals surface area (Å²) in [6.07, 6.45) is 2.00. The van der Waals surface area contributed by atoms with Crippen molar-refractivity contribution in [3.8, 4) is 11.3 Å². The molecule has 25 heavy (non-hydrogen) atoms. The molecule has 2 N–H and O–H groups in total. The van der Waals surface area contributed by atoms with Crippen LogP contribution in [0, 0.1) is 0 Å². The fraction of sp³-hybridized carbons (Fsp3) is 0.474. The van der Waals surface area contributed by atoms with Gasteiger partial charge in [0, 0.05) is 6.61 Å². The van der Waals surface area contributed by atoms with E-state index in [1.54, 1.807) is 13.1 Å². The number of carbonyl (C=O) groups is 1. The molecule has 0 aliphatic heterocycles. The highest BCUT2D eigenvalue weighted by atomic mass is 16.5. The van der Waals surface area contributed by atoms with Gasteiger partial charge in [-0.2, -0.15) is 0 Å². The number of aromatic nitrogens is 2. The summed E-state index contributed by atoms with van der Waals surface area (Å²) < 4.78 is 10.7. The Balaban J connectivity index is 1.93. The predicted octanol–water partition coefficient (Wildman–Crippen LogP) is 3.09. The van der Waals surface area contributed by atoms with E-state index in [0.717, 1.165) is 23.5 Å². The van der Waals surface area contributed by atoms with Crippen LogP contribution in [0.5, 0.6) is 0 Å². The van der Waals surface area contributed by atoms with Crippen molar-refractivity contribution in [2.24, 2.45) is 0 Å². The van der Waals surface area contributed by atoms with E-state index in [1.165, 1.54) is 0 Å². The summed E-state index contributed by atoms with van der Waals surface area (Å²) in [6, 6.07) is 9.80. The van der Waals surface area contributed by atoms with Crippen molar-refractivity contribution in [1.29, 1.82) is 0 Å². The maximum atomic E-state index is 12.3. The smallest absolute Gasteiger partial charge is 0.249 e. The highest BCUT2D eigenvalue weighted by molar-refractivity contribution is 5.80. The molecule has 136 valence electrons. The zero-order chi connectivity index (χ0) is 18.1. The number of rotatable bonds is 10. The van der Waals surface area contributed by atoms with E-state index < -0.39 is 6.10 Å². The normalized spacial score (nSPS) is 13.4. The van der Waals surface area contributed by atoms with E-state index in [9.17, 15) is 4.79 Å². The molecular weight excluding hydrogens is 318 g/mol. The molecule has 2 rings (SSSR count). The van der Waals surface area contributed by atoms with Gasteiger partial charge in [0.25, 0.3) is 0 Å². The monoisotopic (exact) mass is 345 g/mol. The van der Waals surface area contributed by atoms with Crippen molar-refractivity contribution in [3.63, 3.8) is 0 Å². The number of aromatic amines is 1. The van der Waals surface area contributed by atoms with Crippen LogP contribution in [0.1, 0.15) is 39.1 Å². The average Bonchev–Trinajstić information content (AvgIpc) is 3.13. The Morgan fingerprint density at radius 2 is 2.00 bits per heavy atom. The number of nitrogens with zero attached hydrogens (tertiary/aromatic N) is 1. The van der Waals surface area contributed by atoms with Gasteiger partial charge in [-0.15, -0.1) is 0 Å². The van der Waals surface area contributed by atoms with Gasteiger partial charge in [0.15, 0.2) is 0 Å². The number of amides is 1. The summed E-state index contributed by atoms with van der Waals surface area (Å²) in [4.78, 5) is 20.0. The fourth-order valence-electron chi connectivity index (χ4n) is 2.43. The number of imidazole rings is 1. The number of nitrogens with one attached hydrogen (secondary N) is 2. The molecule has 0 aliphatic rings. The molecular formula is C19H27N3O3. The van der Waals surface area contributed by atoms with Gasteiger partial charge in [-0.25, -0.2) is 4.98 Å². The van der Waals surface area contributed by atoms with Crippen LogP contribution in [0.2, 0.25) is 0 Å². The van der Waals surface area contributed by atoms with Gasteiger partial charge in [0.2, 0.25) is 5.91 Å². The van der Waals surface area contributed by atoms with E-state index in [0.29, 0.717) is 19.8 Å². The van der Waals surface area contributed by atoms with Crippen molar-refractivity contribution in [1.82, 2.24) is 15.3 Å². The van der Waals surface area contributed by atoms with E-state index in [1.807, 2.05) is 44.2 Å². The lowest BCUT2D eigenvalue weighted by atomic mass is 10.2. The zero-order valence-corrected chi connectivity index (χ0v) is 15.1. The molecule has 0 bridgehead atoms.